The van der Waals surface area contributed by atoms with Crippen molar-refractivity contribution in [3.05, 3.63) is 29.3 Å². The van der Waals surface area contributed by atoms with E-state index in [-0.39, 0.29) is 10.5 Å². The average molecular weight is 241 g/mol. The Balaban J connectivity index is 2.56. The summed E-state index contributed by atoms with van der Waals surface area (Å²) in [6.45, 7) is 4.55. The predicted octanol–water partition coefficient (Wildman–Crippen LogP) is 1.14. The van der Waals surface area contributed by atoms with Crippen molar-refractivity contribution in [2.24, 2.45) is 5.14 Å². The molecule has 1 aliphatic rings. The number of primary sulfonamides is 1. The SMILES string of the molecule is CC1(C)OCCc2cc(S(N)(=O)=O)ccc21. The molecule has 0 radical (unpaired) electrons. The molecule has 0 spiro atoms. The van der Waals surface area contributed by atoms with Crippen LogP contribution >= 0.6 is 0 Å². The topological polar surface area (TPSA) is 69.4 Å². The molecule has 1 heterocycles. The number of hydrogen-bond acceptors (Lipinski definition) is 3. The van der Waals surface area contributed by atoms with Crippen molar-refractivity contribution in [1.82, 2.24) is 0 Å². The van der Waals surface area contributed by atoms with E-state index >= 15 is 0 Å². The maximum atomic E-state index is 11.2. The summed E-state index contributed by atoms with van der Waals surface area (Å²) in [5, 5.41) is 5.10. The third-order valence-corrected chi connectivity index (χ3v) is 3.80. The molecule has 5 heteroatoms. The largest absolute Gasteiger partial charge is 0.371 e. The number of hydrogen-bond donors (Lipinski definition) is 1. The van der Waals surface area contributed by atoms with Gasteiger partial charge in [-0.2, -0.15) is 0 Å². The van der Waals surface area contributed by atoms with Gasteiger partial charge in [0.15, 0.2) is 0 Å². The van der Waals surface area contributed by atoms with Gasteiger partial charge in [0, 0.05) is 0 Å². The van der Waals surface area contributed by atoms with E-state index in [0.29, 0.717) is 6.61 Å². The van der Waals surface area contributed by atoms with Gasteiger partial charge in [-0.1, -0.05) is 6.07 Å². The minimum Gasteiger partial charge on any atom is -0.371 e. The van der Waals surface area contributed by atoms with Crippen LogP contribution in [0.5, 0.6) is 0 Å². The zero-order valence-corrected chi connectivity index (χ0v) is 10.2. The van der Waals surface area contributed by atoms with E-state index < -0.39 is 10.0 Å². The van der Waals surface area contributed by atoms with E-state index in [9.17, 15) is 8.42 Å². The summed E-state index contributed by atoms with van der Waals surface area (Å²) < 4.78 is 28.1. The number of fused-ring (bicyclic) bond motifs is 1. The van der Waals surface area contributed by atoms with Crippen LogP contribution < -0.4 is 5.14 Å². The highest BCUT2D eigenvalue weighted by atomic mass is 32.2. The smallest absolute Gasteiger partial charge is 0.238 e. The highest BCUT2D eigenvalue weighted by Gasteiger charge is 2.28. The Morgan fingerprint density at radius 1 is 1.38 bits per heavy atom. The minimum atomic E-state index is -3.61. The first kappa shape index (κ1) is 11.6. The van der Waals surface area contributed by atoms with E-state index in [4.69, 9.17) is 9.88 Å². The first-order valence-corrected chi connectivity index (χ1v) is 6.65. The molecule has 0 saturated heterocycles. The predicted molar refractivity (Wildman–Crippen MR) is 60.5 cm³/mol. The van der Waals surface area contributed by atoms with Crippen LogP contribution in [0.25, 0.3) is 0 Å². The third-order valence-electron chi connectivity index (χ3n) is 2.89. The second-order valence-electron chi connectivity index (χ2n) is 4.47. The molecular weight excluding hydrogens is 226 g/mol. The Bertz CT molecular complexity index is 520. The average Bonchev–Trinajstić information content (AvgIpc) is 2.15. The molecule has 88 valence electrons. The van der Waals surface area contributed by atoms with Crippen LogP contribution in [0.2, 0.25) is 0 Å². The fraction of sp³-hybridized carbons (Fsp3) is 0.455. The quantitative estimate of drug-likeness (QED) is 0.801. The Hall–Kier alpha value is -0.910. The fourth-order valence-corrected chi connectivity index (χ4v) is 2.60. The first-order valence-electron chi connectivity index (χ1n) is 5.11. The van der Waals surface area contributed by atoms with Crippen LogP contribution in [0.4, 0.5) is 0 Å². The standard InChI is InChI=1S/C11H15NO3S/c1-11(2)10-4-3-9(16(12,13)14)7-8(10)5-6-15-11/h3-4,7H,5-6H2,1-2H3,(H2,12,13,14). The lowest BCUT2D eigenvalue weighted by atomic mass is 9.89. The Morgan fingerprint density at radius 3 is 2.69 bits per heavy atom. The van der Waals surface area contributed by atoms with Crippen LogP contribution in [0.1, 0.15) is 25.0 Å². The lowest BCUT2D eigenvalue weighted by Crippen LogP contribution is -2.29. The van der Waals surface area contributed by atoms with Gasteiger partial charge in [0.1, 0.15) is 0 Å². The van der Waals surface area contributed by atoms with Crippen molar-refractivity contribution in [2.45, 2.75) is 30.8 Å². The number of ether oxygens (including phenoxy) is 1. The first-order chi connectivity index (χ1) is 7.31. The summed E-state index contributed by atoms with van der Waals surface area (Å²) >= 11 is 0. The molecule has 0 bridgehead atoms. The van der Waals surface area contributed by atoms with Crippen molar-refractivity contribution < 1.29 is 13.2 Å². The number of nitrogens with two attached hydrogens (primary N) is 1. The van der Waals surface area contributed by atoms with Gasteiger partial charge in [0.2, 0.25) is 10.0 Å². The summed E-state index contributed by atoms with van der Waals surface area (Å²) in [5.41, 5.74) is 1.68. The Labute approximate surface area is 95.5 Å². The summed E-state index contributed by atoms with van der Waals surface area (Å²) in [7, 11) is -3.61. The van der Waals surface area contributed by atoms with Gasteiger partial charge < -0.3 is 4.74 Å². The van der Waals surface area contributed by atoms with Gasteiger partial charge in [0.25, 0.3) is 0 Å². The fourth-order valence-electron chi connectivity index (χ4n) is 2.04. The van der Waals surface area contributed by atoms with E-state index in [0.717, 1.165) is 17.5 Å². The lowest BCUT2D eigenvalue weighted by molar-refractivity contribution is -0.0315. The maximum Gasteiger partial charge on any atom is 0.238 e. The van der Waals surface area contributed by atoms with Gasteiger partial charge in [-0.3, -0.25) is 0 Å². The summed E-state index contributed by atoms with van der Waals surface area (Å²) in [5.74, 6) is 0. The van der Waals surface area contributed by atoms with Crippen LogP contribution in [0.3, 0.4) is 0 Å². The van der Waals surface area contributed by atoms with Crippen molar-refractivity contribution >= 4 is 10.0 Å². The van der Waals surface area contributed by atoms with Crippen molar-refractivity contribution in [3.63, 3.8) is 0 Å². The number of benzene rings is 1. The van der Waals surface area contributed by atoms with E-state index in [2.05, 4.69) is 0 Å². The van der Waals surface area contributed by atoms with Crippen molar-refractivity contribution in [1.29, 1.82) is 0 Å². The second-order valence-corrected chi connectivity index (χ2v) is 6.03. The summed E-state index contributed by atoms with van der Waals surface area (Å²) in [6, 6.07) is 4.97. The molecule has 0 amide bonds. The van der Waals surface area contributed by atoms with Gasteiger partial charge in [-0.05, 0) is 43.5 Å². The minimum absolute atomic E-state index is 0.170. The summed E-state index contributed by atoms with van der Waals surface area (Å²) in [4.78, 5) is 0.170. The van der Waals surface area contributed by atoms with Gasteiger partial charge in [-0.15, -0.1) is 0 Å². The molecule has 1 aromatic carbocycles. The number of rotatable bonds is 1. The molecule has 0 saturated carbocycles. The molecule has 0 aliphatic carbocycles. The van der Waals surface area contributed by atoms with Gasteiger partial charge in [0.05, 0.1) is 17.1 Å². The van der Waals surface area contributed by atoms with Gasteiger partial charge >= 0.3 is 0 Å². The van der Waals surface area contributed by atoms with Crippen molar-refractivity contribution in [2.75, 3.05) is 6.61 Å². The zero-order valence-electron chi connectivity index (χ0n) is 9.36. The number of sulfonamides is 1. The van der Waals surface area contributed by atoms with Gasteiger partial charge in [-0.25, -0.2) is 13.6 Å². The monoisotopic (exact) mass is 241 g/mol. The van der Waals surface area contributed by atoms with Crippen LogP contribution in [0.15, 0.2) is 23.1 Å². The molecule has 0 aromatic heterocycles. The molecule has 0 atom stereocenters. The summed E-state index contributed by atoms with van der Waals surface area (Å²) in [6.07, 6.45) is 0.724. The molecule has 2 N–H and O–H groups in total. The zero-order chi connectivity index (χ0) is 12.0. The molecule has 0 unspecified atom stereocenters. The molecule has 1 aromatic rings. The van der Waals surface area contributed by atoms with E-state index in [1.165, 1.54) is 6.07 Å². The van der Waals surface area contributed by atoms with E-state index in [1.807, 2.05) is 13.8 Å². The highest BCUT2D eigenvalue weighted by Crippen LogP contribution is 2.33. The highest BCUT2D eigenvalue weighted by molar-refractivity contribution is 7.89. The third kappa shape index (κ3) is 1.98. The van der Waals surface area contributed by atoms with Crippen molar-refractivity contribution in [3.8, 4) is 0 Å². The van der Waals surface area contributed by atoms with Crippen LogP contribution in [-0.4, -0.2) is 15.0 Å². The Kier molecular flexibility index (Phi) is 2.57. The molecule has 16 heavy (non-hydrogen) atoms. The second kappa shape index (κ2) is 3.55. The van der Waals surface area contributed by atoms with E-state index in [1.54, 1.807) is 12.1 Å². The Morgan fingerprint density at radius 2 is 2.06 bits per heavy atom. The van der Waals surface area contributed by atoms with Crippen LogP contribution in [-0.2, 0) is 26.8 Å². The molecule has 2 rings (SSSR count). The lowest BCUT2D eigenvalue weighted by Gasteiger charge is -2.33. The maximum absolute atomic E-state index is 11.2. The molecule has 0 fully saturated rings. The normalized spacial score (nSPS) is 19.2. The van der Waals surface area contributed by atoms with Crippen LogP contribution in [0, 0.1) is 0 Å². The molecular formula is C11H15NO3S. The molecule has 1 aliphatic heterocycles. The molecule has 4 nitrogen and oxygen atoms in total.